The molecule has 0 heterocycles. The van der Waals surface area contributed by atoms with Crippen molar-refractivity contribution in [2.75, 3.05) is 13.2 Å². The molecule has 3 fully saturated rings. The Hall–Kier alpha value is -1.38. The summed E-state index contributed by atoms with van der Waals surface area (Å²) in [4.78, 5) is 0. The van der Waals surface area contributed by atoms with E-state index >= 15 is 0 Å². The Morgan fingerprint density at radius 2 is 2.00 bits per heavy atom. The first-order valence-corrected chi connectivity index (χ1v) is 12.3. The summed E-state index contributed by atoms with van der Waals surface area (Å²) in [5, 5.41) is 30.0. The summed E-state index contributed by atoms with van der Waals surface area (Å²) in [5.41, 5.74) is 2.33. The van der Waals surface area contributed by atoms with Gasteiger partial charge in [0.15, 0.2) is 0 Å². The van der Waals surface area contributed by atoms with E-state index in [1.54, 1.807) is 13.8 Å². The van der Waals surface area contributed by atoms with Gasteiger partial charge in [-0.1, -0.05) is 50.0 Å². The smallest absolute Gasteiger partial charge is 0.120 e. The van der Waals surface area contributed by atoms with Gasteiger partial charge in [0.1, 0.15) is 12.2 Å². The van der Waals surface area contributed by atoms with E-state index in [4.69, 9.17) is 4.74 Å². The summed E-state index contributed by atoms with van der Waals surface area (Å²) in [5.74, 6) is 7.54. The van der Waals surface area contributed by atoms with Crippen molar-refractivity contribution in [3.8, 4) is 11.8 Å². The summed E-state index contributed by atoms with van der Waals surface area (Å²) in [6.45, 7) is 13.1. The van der Waals surface area contributed by atoms with Crippen LogP contribution in [0.1, 0.15) is 72.6 Å². The fourth-order valence-corrected chi connectivity index (χ4v) is 6.38. The molecule has 3 rings (SSSR count). The van der Waals surface area contributed by atoms with Crippen molar-refractivity contribution in [2.24, 2.45) is 23.2 Å². The van der Waals surface area contributed by atoms with Crippen molar-refractivity contribution in [1.82, 2.24) is 0 Å². The van der Waals surface area contributed by atoms with Gasteiger partial charge in [0.2, 0.25) is 0 Å². The molecular formula is C28H42O4. The minimum Gasteiger partial charge on any atom is -0.393 e. The fourth-order valence-electron chi connectivity index (χ4n) is 6.38. The number of aliphatic hydroxyl groups is 3. The molecule has 4 nitrogen and oxygen atoms in total. The van der Waals surface area contributed by atoms with Gasteiger partial charge in [-0.3, -0.25) is 0 Å². The lowest BCUT2D eigenvalue weighted by atomic mass is 9.60. The Balaban J connectivity index is 1.80. The van der Waals surface area contributed by atoms with E-state index in [0.717, 1.165) is 24.0 Å². The predicted octanol–water partition coefficient (Wildman–Crippen LogP) is 4.55. The summed E-state index contributed by atoms with van der Waals surface area (Å²) in [7, 11) is 0. The quantitative estimate of drug-likeness (QED) is 0.431. The van der Waals surface area contributed by atoms with Gasteiger partial charge in [-0.25, -0.2) is 0 Å². The van der Waals surface area contributed by atoms with Gasteiger partial charge in [0.25, 0.3) is 0 Å². The molecule has 0 radical (unpaired) electrons. The minimum atomic E-state index is -0.990. The monoisotopic (exact) mass is 442 g/mol. The van der Waals surface area contributed by atoms with Gasteiger partial charge >= 0.3 is 0 Å². The molecule has 0 aromatic carbocycles. The zero-order valence-electron chi connectivity index (χ0n) is 20.4. The Labute approximate surface area is 194 Å². The normalized spacial score (nSPS) is 35.8. The third kappa shape index (κ3) is 5.75. The maximum atomic E-state index is 10.2. The van der Waals surface area contributed by atoms with E-state index in [9.17, 15) is 15.3 Å². The van der Waals surface area contributed by atoms with Crippen LogP contribution in [0.5, 0.6) is 0 Å². The second-order valence-electron chi connectivity index (χ2n) is 11.0. The maximum Gasteiger partial charge on any atom is 0.120 e. The Bertz CT molecular complexity index is 804. The molecule has 0 amide bonds. The largest absolute Gasteiger partial charge is 0.393 e. The topological polar surface area (TPSA) is 69.9 Å². The van der Waals surface area contributed by atoms with Crippen molar-refractivity contribution in [3.63, 3.8) is 0 Å². The summed E-state index contributed by atoms with van der Waals surface area (Å²) >= 11 is 0. The number of aliphatic hydroxyl groups excluding tert-OH is 2. The average Bonchev–Trinajstić information content (AvgIpc) is 3.08. The zero-order chi connectivity index (χ0) is 23.5. The van der Waals surface area contributed by atoms with Crippen LogP contribution in [0.15, 0.2) is 35.5 Å². The summed E-state index contributed by atoms with van der Waals surface area (Å²) < 4.78 is 6.13. The van der Waals surface area contributed by atoms with Crippen molar-refractivity contribution in [2.45, 2.75) is 90.4 Å². The van der Waals surface area contributed by atoms with Crippen molar-refractivity contribution >= 4 is 0 Å². The first-order valence-electron chi connectivity index (χ1n) is 12.3. The zero-order valence-corrected chi connectivity index (χ0v) is 20.4. The molecule has 3 aliphatic carbocycles. The summed E-state index contributed by atoms with van der Waals surface area (Å²) in [6, 6.07) is 0. The number of ether oxygens (including phenoxy) is 1. The third-order valence-electron chi connectivity index (χ3n) is 7.76. The lowest BCUT2D eigenvalue weighted by molar-refractivity contribution is -0.0180. The second-order valence-corrected chi connectivity index (χ2v) is 11.0. The molecule has 32 heavy (non-hydrogen) atoms. The maximum absolute atomic E-state index is 10.2. The van der Waals surface area contributed by atoms with Gasteiger partial charge in [-0.05, 0) is 81.3 Å². The molecule has 0 saturated heterocycles. The molecule has 0 spiro atoms. The number of rotatable bonds is 5. The van der Waals surface area contributed by atoms with Crippen molar-refractivity contribution in [3.05, 3.63) is 35.5 Å². The van der Waals surface area contributed by atoms with Crippen LogP contribution in [0.25, 0.3) is 0 Å². The van der Waals surface area contributed by atoms with Crippen LogP contribution < -0.4 is 0 Å². The fraction of sp³-hybridized carbons (Fsp3) is 0.714. The molecular weight excluding hydrogens is 400 g/mol. The van der Waals surface area contributed by atoms with E-state index < -0.39 is 17.8 Å². The number of hydrogen-bond donors (Lipinski definition) is 3. The van der Waals surface area contributed by atoms with E-state index in [2.05, 4.69) is 44.4 Å². The minimum absolute atomic E-state index is 0.135. The van der Waals surface area contributed by atoms with Gasteiger partial charge in [-0.2, -0.15) is 0 Å². The van der Waals surface area contributed by atoms with Crippen LogP contribution >= 0.6 is 0 Å². The highest BCUT2D eigenvalue weighted by molar-refractivity contribution is 5.38. The Morgan fingerprint density at radius 1 is 1.25 bits per heavy atom. The number of allylic oxidation sites excluding steroid dienone is 3. The van der Waals surface area contributed by atoms with E-state index in [-0.39, 0.29) is 5.41 Å². The van der Waals surface area contributed by atoms with Crippen LogP contribution in [0.4, 0.5) is 0 Å². The van der Waals surface area contributed by atoms with Crippen molar-refractivity contribution in [1.29, 1.82) is 0 Å². The van der Waals surface area contributed by atoms with Gasteiger partial charge in [0, 0.05) is 11.8 Å². The molecule has 3 N–H and O–H groups in total. The van der Waals surface area contributed by atoms with Crippen LogP contribution in [-0.4, -0.2) is 46.3 Å². The SMILES string of the molecule is C=C1/C(=C\C=C2/CCC[C@]3(COCC#CC(C)(C)O)[C@@H](C(C)C)CC[C@@H]23)C[C@@H](O)C[C@@H]1O. The standard InChI is InChI=1S/C28H42O4/c1-19(2)24-11-12-25-21(9-10-22-16-23(29)17-26(30)20(22)3)8-6-14-28(24,25)18-32-15-7-13-27(4,5)31/h9-10,19,23-26,29-31H,3,6,8,11-12,14-18H2,1-2,4-5H3/b21-9+,22-10-/t23-,24-,25+,26+,28+/m1/s1. The number of hydrogen-bond acceptors (Lipinski definition) is 4. The molecule has 0 aliphatic heterocycles. The third-order valence-corrected chi connectivity index (χ3v) is 7.76. The molecule has 0 aromatic heterocycles. The first-order chi connectivity index (χ1) is 15.0. The molecule has 5 atom stereocenters. The molecule has 4 heteroatoms. The van der Waals surface area contributed by atoms with Crippen LogP contribution in [0.2, 0.25) is 0 Å². The molecule has 3 aliphatic rings. The highest BCUT2D eigenvalue weighted by atomic mass is 16.5. The van der Waals surface area contributed by atoms with Gasteiger partial charge < -0.3 is 20.1 Å². The number of fused-ring (bicyclic) bond motifs is 1. The average molecular weight is 443 g/mol. The summed E-state index contributed by atoms with van der Waals surface area (Å²) in [6.07, 6.45) is 9.97. The first kappa shape index (κ1) is 25.2. The van der Waals surface area contributed by atoms with Gasteiger partial charge in [-0.15, -0.1) is 0 Å². The highest BCUT2D eigenvalue weighted by Gasteiger charge is 2.53. The lowest BCUT2D eigenvalue weighted by Gasteiger charge is -2.46. The van der Waals surface area contributed by atoms with E-state index in [1.807, 2.05) is 0 Å². The van der Waals surface area contributed by atoms with Crippen molar-refractivity contribution < 1.29 is 20.1 Å². The highest BCUT2D eigenvalue weighted by Crippen LogP contribution is 2.59. The molecule has 0 unspecified atom stereocenters. The molecule has 0 bridgehead atoms. The van der Waals surface area contributed by atoms with E-state index in [0.29, 0.717) is 43.8 Å². The molecule has 178 valence electrons. The Morgan fingerprint density at radius 3 is 2.69 bits per heavy atom. The van der Waals surface area contributed by atoms with Crippen LogP contribution in [0, 0.1) is 35.0 Å². The van der Waals surface area contributed by atoms with Gasteiger partial charge in [0.05, 0.1) is 18.8 Å². The van der Waals surface area contributed by atoms with E-state index in [1.165, 1.54) is 24.8 Å². The molecule has 0 aromatic rings. The lowest BCUT2D eigenvalue weighted by Crippen LogP contribution is -2.42. The predicted molar refractivity (Wildman–Crippen MR) is 129 cm³/mol. The Kier molecular flexibility index (Phi) is 8.10. The van der Waals surface area contributed by atoms with Crippen LogP contribution in [-0.2, 0) is 4.74 Å². The molecule has 3 saturated carbocycles. The van der Waals surface area contributed by atoms with Crippen LogP contribution in [0.3, 0.4) is 0 Å². The second kappa shape index (κ2) is 10.3.